The average molecular weight is 374 g/mol. The van der Waals surface area contributed by atoms with Gasteiger partial charge in [-0.2, -0.15) is 5.26 Å². The van der Waals surface area contributed by atoms with E-state index in [0.717, 1.165) is 29.0 Å². The summed E-state index contributed by atoms with van der Waals surface area (Å²) in [5, 5.41) is 8.54. The first-order valence-electron chi connectivity index (χ1n) is 10.4. The van der Waals surface area contributed by atoms with Crippen LogP contribution in [-0.4, -0.2) is 0 Å². The van der Waals surface area contributed by atoms with E-state index in [4.69, 9.17) is 5.26 Å². The van der Waals surface area contributed by atoms with Gasteiger partial charge >= 0.3 is 0 Å². The number of nitrogens with zero attached hydrogens (tertiary/aromatic N) is 1. The second-order valence-corrected chi connectivity index (χ2v) is 7.60. The van der Waals surface area contributed by atoms with Crippen LogP contribution in [0.3, 0.4) is 0 Å². The Morgan fingerprint density at radius 3 is 2.36 bits per heavy atom. The van der Waals surface area contributed by atoms with Crippen molar-refractivity contribution in [3.63, 3.8) is 0 Å². The van der Waals surface area contributed by atoms with E-state index in [1.807, 2.05) is 38.1 Å². The minimum Gasteiger partial charge on any atom is -0.192 e. The smallest absolute Gasteiger partial charge is 0.0991 e. The van der Waals surface area contributed by atoms with E-state index < -0.39 is 0 Å². The van der Waals surface area contributed by atoms with E-state index in [0.29, 0.717) is 5.41 Å². The molecule has 148 valence electrons. The number of nitriles is 1. The van der Waals surface area contributed by atoms with Crippen LogP contribution in [0.25, 0.3) is 0 Å². The van der Waals surface area contributed by atoms with Gasteiger partial charge in [0.15, 0.2) is 0 Å². The Bertz CT molecular complexity index is 787. The van der Waals surface area contributed by atoms with Crippen molar-refractivity contribution >= 4 is 0 Å². The first-order chi connectivity index (χ1) is 13.4. The van der Waals surface area contributed by atoms with Crippen LogP contribution < -0.4 is 0 Å². The maximum atomic E-state index is 8.54. The summed E-state index contributed by atoms with van der Waals surface area (Å²) in [6.07, 6.45) is 14.0. The lowest BCUT2D eigenvalue weighted by atomic mass is 9.98. The van der Waals surface area contributed by atoms with Gasteiger partial charge in [0.05, 0.1) is 11.6 Å². The molecule has 0 spiro atoms. The zero-order valence-electron chi connectivity index (χ0n) is 18.3. The SMILES string of the molecule is C=C/C=C\C=C(\C#CC1(CC)CC1CCC)CC.Cc1cc(C)cc(C#N)c1. The molecule has 28 heavy (non-hydrogen) atoms. The molecule has 1 heteroatoms. The molecule has 1 aromatic carbocycles. The zero-order chi connectivity index (χ0) is 21.0. The van der Waals surface area contributed by atoms with Gasteiger partial charge in [0.1, 0.15) is 0 Å². The number of allylic oxidation sites excluding steroid dienone is 5. The molecule has 0 amide bonds. The largest absolute Gasteiger partial charge is 0.192 e. The van der Waals surface area contributed by atoms with Crippen LogP contribution in [0, 0.1) is 48.4 Å². The Kier molecular flexibility index (Phi) is 10.1. The fourth-order valence-corrected chi connectivity index (χ4v) is 3.52. The fraction of sp³-hybridized carbons (Fsp3) is 0.444. The predicted molar refractivity (Wildman–Crippen MR) is 122 cm³/mol. The lowest BCUT2D eigenvalue weighted by Gasteiger charge is -2.05. The number of rotatable bonds is 6. The van der Waals surface area contributed by atoms with E-state index in [-0.39, 0.29) is 0 Å². The molecule has 0 saturated heterocycles. The van der Waals surface area contributed by atoms with Crippen LogP contribution in [-0.2, 0) is 0 Å². The second kappa shape index (κ2) is 12.0. The monoisotopic (exact) mass is 373 g/mol. The van der Waals surface area contributed by atoms with Crippen LogP contribution in [0.2, 0.25) is 0 Å². The molecule has 2 rings (SSSR count). The van der Waals surface area contributed by atoms with Gasteiger partial charge in [0.2, 0.25) is 0 Å². The van der Waals surface area contributed by atoms with Gasteiger partial charge in [-0.25, -0.2) is 0 Å². The van der Waals surface area contributed by atoms with Crippen molar-refractivity contribution < 1.29 is 0 Å². The van der Waals surface area contributed by atoms with Gasteiger partial charge in [0, 0.05) is 11.0 Å². The Morgan fingerprint density at radius 2 is 1.86 bits per heavy atom. The van der Waals surface area contributed by atoms with Crippen molar-refractivity contribution in [2.24, 2.45) is 11.3 Å². The number of benzene rings is 1. The van der Waals surface area contributed by atoms with Crippen LogP contribution in [0.15, 0.2) is 54.7 Å². The molecule has 1 fully saturated rings. The zero-order valence-corrected chi connectivity index (χ0v) is 18.3. The van der Waals surface area contributed by atoms with Crippen LogP contribution in [0.5, 0.6) is 0 Å². The molecule has 1 aliphatic carbocycles. The fourth-order valence-electron chi connectivity index (χ4n) is 3.52. The second-order valence-electron chi connectivity index (χ2n) is 7.60. The van der Waals surface area contributed by atoms with Gasteiger partial charge in [0.25, 0.3) is 0 Å². The van der Waals surface area contributed by atoms with Crippen molar-refractivity contribution in [2.75, 3.05) is 0 Å². The normalized spacial score (nSPS) is 20.4. The highest BCUT2D eigenvalue weighted by molar-refractivity contribution is 5.37. The summed E-state index contributed by atoms with van der Waals surface area (Å²) in [6, 6.07) is 7.93. The minimum absolute atomic E-state index is 0.340. The third-order valence-electron chi connectivity index (χ3n) is 5.25. The molecule has 0 aliphatic heterocycles. The Balaban J connectivity index is 0.000000330. The molecule has 1 aliphatic rings. The summed E-state index contributed by atoms with van der Waals surface area (Å²) < 4.78 is 0. The summed E-state index contributed by atoms with van der Waals surface area (Å²) in [5.41, 5.74) is 4.61. The first kappa shape index (κ1) is 23.5. The van der Waals surface area contributed by atoms with Gasteiger partial charge < -0.3 is 0 Å². The Hall–Kier alpha value is -2.51. The van der Waals surface area contributed by atoms with E-state index in [1.165, 1.54) is 31.3 Å². The molecule has 0 aromatic heterocycles. The Morgan fingerprint density at radius 1 is 1.18 bits per heavy atom. The lowest BCUT2D eigenvalue weighted by Crippen LogP contribution is -1.98. The van der Waals surface area contributed by atoms with Crippen molar-refractivity contribution in [3.05, 3.63) is 71.3 Å². The molecule has 0 N–H and O–H groups in total. The summed E-state index contributed by atoms with van der Waals surface area (Å²) in [4.78, 5) is 0. The molecule has 2 unspecified atom stereocenters. The quantitative estimate of drug-likeness (QED) is 0.375. The van der Waals surface area contributed by atoms with E-state index in [2.05, 4.69) is 57.4 Å². The van der Waals surface area contributed by atoms with Crippen molar-refractivity contribution in [1.82, 2.24) is 0 Å². The molecule has 2 atom stereocenters. The third kappa shape index (κ3) is 7.62. The highest BCUT2D eigenvalue weighted by Gasteiger charge is 2.50. The molecule has 1 saturated carbocycles. The van der Waals surface area contributed by atoms with Crippen LogP contribution >= 0.6 is 0 Å². The molecule has 0 heterocycles. The predicted octanol–water partition coefficient (Wildman–Crippen LogP) is 7.46. The molecule has 0 radical (unpaired) electrons. The highest BCUT2D eigenvalue weighted by atomic mass is 14.5. The highest BCUT2D eigenvalue weighted by Crippen LogP contribution is 2.57. The third-order valence-corrected chi connectivity index (χ3v) is 5.25. The Labute approximate surface area is 172 Å². The summed E-state index contributed by atoms with van der Waals surface area (Å²) in [7, 11) is 0. The summed E-state index contributed by atoms with van der Waals surface area (Å²) in [5.74, 6) is 7.80. The topological polar surface area (TPSA) is 23.8 Å². The van der Waals surface area contributed by atoms with Crippen LogP contribution in [0.4, 0.5) is 0 Å². The maximum absolute atomic E-state index is 8.54. The maximum Gasteiger partial charge on any atom is 0.0991 e. The van der Waals surface area contributed by atoms with Gasteiger partial charge in [-0.05, 0) is 68.7 Å². The summed E-state index contributed by atoms with van der Waals surface area (Å²) in [6.45, 7) is 14.4. The van der Waals surface area contributed by atoms with Crippen LogP contribution in [0.1, 0.15) is 69.6 Å². The average Bonchev–Trinajstić information content (AvgIpc) is 3.37. The molecular weight excluding hydrogens is 338 g/mol. The van der Waals surface area contributed by atoms with E-state index in [1.54, 1.807) is 6.08 Å². The molecule has 1 nitrogen and oxygen atoms in total. The number of hydrogen-bond donors (Lipinski definition) is 0. The van der Waals surface area contributed by atoms with Crippen molar-refractivity contribution in [3.8, 4) is 17.9 Å². The molecule has 0 bridgehead atoms. The number of aryl methyl sites for hydroxylation is 2. The lowest BCUT2D eigenvalue weighted by molar-refractivity contribution is 0.536. The minimum atomic E-state index is 0.340. The van der Waals surface area contributed by atoms with Crippen molar-refractivity contribution in [2.45, 2.75) is 66.7 Å². The van der Waals surface area contributed by atoms with E-state index >= 15 is 0 Å². The van der Waals surface area contributed by atoms with Gasteiger partial charge in [-0.1, -0.05) is 76.0 Å². The summed E-state index contributed by atoms with van der Waals surface area (Å²) >= 11 is 0. The molecule has 1 aromatic rings. The van der Waals surface area contributed by atoms with Gasteiger partial charge in [-0.3, -0.25) is 0 Å². The van der Waals surface area contributed by atoms with Gasteiger partial charge in [-0.15, -0.1) is 0 Å². The molecular formula is C27H35N. The van der Waals surface area contributed by atoms with E-state index in [9.17, 15) is 0 Å². The first-order valence-corrected chi connectivity index (χ1v) is 10.4. The number of hydrogen-bond acceptors (Lipinski definition) is 1. The standard InChI is InChI=1S/C18H26.C9H9N/c1-5-9-10-12-16(7-3)13-14-18(8-4)15-17(18)11-6-2;1-7-3-8(2)5-9(4-7)6-10/h5,9-10,12,17H,1,6-8,11,15H2,2-4H3;3-5H,1-2H3/b10-9-,16-12+;. The van der Waals surface area contributed by atoms with Crippen molar-refractivity contribution in [1.29, 1.82) is 5.26 Å².